The molecular weight excluding hydrogens is 266 g/mol. The Morgan fingerprint density at radius 2 is 2.21 bits per heavy atom. The van der Waals surface area contributed by atoms with Gasteiger partial charge < -0.3 is 4.74 Å². The van der Waals surface area contributed by atoms with Crippen LogP contribution in [-0.4, -0.2) is 37.9 Å². The minimum absolute atomic E-state index is 0.00491. The number of sulfonamides is 1. The zero-order valence-corrected chi connectivity index (χ0v) is 11.6. The van der Waals surface area contributed by atoms with Crippen LogP contribution in [0, 0.1) is 5.41 Å². The molecule has 1 saturated heterocycles. The van der Waals surface area contributed by atoms with Gasteiger partial charge in [-0.25, -0.2) is 13.1 Å². The lowest BCUT2D eigenvalue weighted by Gasteiger charge is -2.41. The molecule has 2 fully saturated rings. The first kappa shape index (κ1) is 13.1. The first-order valence-corrected chi connectivity index (χ1v) is 8.20. The maximum atomic E-state index is 12.3. The second-order valence-corrected chi connectivity index (χ2v) is 7.23. The summed E-state index contributed by atoms with van der Waals surface area (Å²) in [5, 5.41) is 6.24. The number of aromatic amines is 1. The molecule has 0 aromatic carbocycles. The third-order valence-electron chi connectivity index (χ3n) is 4.36. The van der Waals surface area contributed by atoms with Gasteiger partial charge in [-0.2, -0.15) is 5.10 Å². The van der Waals surface area contributed by atoms with E-state index in [9.17, 15) is 8.42 Å². The summed E-state index contributed by atoms with van der Waals surface area (Å²) in [7, 11) is -3.48. The molecule has 1 aliphatic carbocycles. The molecule has 6 nitrogen and oxygen atoms in total. The van der Waals surface area contributed by atoms with Crippen LogP contribution in [0.1, 0.15) is 32.1 Å². The highest BCUT2D eigenvalue weighted by atomic mass is 32.2. The Bertz CT molecular complexity index is 520. The zero-order valence-electron chi connectivity index (χ0n) is 10.8. The molecule has 19 heavy (non-hydrogen) atoms. The lowest BCUT2D eigenvalue weighted by atomic mass is 9.77. The van der Waals surface area contributed by atoms with Crippen molar-refractivity contribution in [3.8, 4) is 0 Å². The van der Waals surface area contributed by atoms with Gasteiger partial charge in [-0.3, -0.25) is 5.10 Å². The van der Waals surface area contributed by atoms with Crippen LogP contribution in [-0.2, 0) is 14.8 Å². The van der Waals surface area contributed by atoms with Crippen molar-refractivity contribution in [2.45, 2.75) is 43.0 Å². The van der Waals surface area contributed by atoms with Crippen molar-refractivity contribution in [2.75, 3.05) is 13.2 Å². The van der Waals surface area contributed by atoms with Crippen LogP contribution >= 0.6 is 0 Å². The number of rotatable bonds is 3. The van der Waals surface area contributed by atoms with Gasteiger partial charge in [-0.15, -0.1) is 0 Å². The minimum Gasteiger partial charge on any atom is -0.381 e. The first-order valence-electron chi connectivity index (χ1n) is 6.71. The van der Waals surface area contributed by atoms with E-state index in [1.807, 2.05) is 0 Å². The van der Waals surface area contributed by atoms with Crippen molar-refractivity contribution < 1.29 is 13.2 Å². The van der Waals surface area contributed by atoms with Crippen LogP contribution in [0.5, 0.6) is 0 Å². The maximum absolute atomic E-state index is 12.3. The molecule has 1 aromatic heterocycles. The van der Waals surface area contributed by atoms with Crippen molar-refractivity contribution in [1.82, 2.24) is 14.9 Å². The number of hydrogen-bond acceptors (Lipinski definition) is 4. The third kappa shape index (κ3) is 2.42. The summed E-state index contributed by atoms with van der Waals surface area (Å²) >= 11 is 0. The zero-order chi connectivity index (χ0) is 13.3. The summed E-state index contributed by atoms with van der Waals surface area (Å²) in [6.45, 7) is 1.30. The average Bonchev–Trinajstić information content (AvgIpc) is 3.04. The molecule has 3 rings (SSSR count). The molecular formula is C12H19N3O3S. The molecule has 2 N–H and O–H groups in total. The Morgan fingerprint density at radius 3 is 2.89 bits per heavy atom. The summed E-state index contributed by atoms with van der Waals surface area (Å²) in [5.41, 5.74) is -0.00491. The van der Waals surface area contributed by atoms with Gasteiger partial charge in [0.15, 0.2) is 0 Å². The van der Waals surface area contributed by atoms with Crippen molar-refractivity contribution in [2.24, 2.45) is 5.41 Å². The van der Waals surface area contributed by atoms with Gasteiger partial charge in [0.05, 0.1) is 12.8 Å². The fraction of sp³-hybridized carbons (Fsp3) is 0.750. The number of nitrogens with zero attached hydrogens (tertiary/aromatic N) is 1. The van der Waals surface area contributed by atoms with Gasteiger partial charge in [-0.1, -0.05) is 12.8 Å². The molecule has 1 aromatic rings. The largest absolute Gasteiger partial charge is 0.381 e. The molecule has 106 valence electrons. The Hall–Kier alpha value is -0.920. The SMILES string of the molecule is O=S(=O)(NC1CCOCC12CCCC2)c1cn[nH]c1. The lowest BCUT2D eigenvalue weighted by Crippen LogP contribution is -2.52. The molecule has 1 atom stereocenters. The van der Waals surface area contributed by atoms with Crippen LogP contribution < -0.4 is 4.72 Å². The third-order valence-corrected chi connectivity index (χ3v) is 5.80. The summed E-state index contributed by atoms with van der Waals surface area (Å²) in [5.74, 6) is 0. The highest BCUT2D eigenvalue weighted by molar-refractivity contribution is 7.89. The molecule has 2 heterocycles. The fourth-order valence-electron chi connectivity index (χ4n) is 3.28. The van der Waals surface area contributed by atoms with Crippen LogP contribution in [0.25, 0.3) is 0 Å². The standard InChI is InChI=1S/C12H19N3O3S/c16-19(17,10-7-13-14-8-10)15-11-3-6-18-9-12(11)4-1-2-5-12/h7-8,11,15H,1-6,9H2,(H,13,14). The van der Waals surface area contributed by atoms with Crippen molar-refractivity contribution in [3.63, 3.8) is 0 Å². The first-order chi connectivity index (χ1) is 9.12. The van der Waals surface area contributed by atoms with Crippen LogP contribution in [0.3, 0.4) is 0 Å². The second kappa shape index (κ2) is 4.88. The molecule has 0 amide bonds. The molecule has 7 heteroatoms. The number of hydrogen-bond donors (Lipinski definition) is 2. The quantitative estimate of drug-likeness (QED) is 0.869. The number of nitrogens with one attached hydrogen (secondary N) is 2. The number of aromatic nitrogens is 2. The van der Waals surface area contributed by atoms with E-state index in [4.69, 9.17) is 4.74 Å². The molecule has 1 unspecified atom stereocenters. The molecule has 0 bridgehead atoms. The van der Waals surface area contributed by atoms with E-state index in [0.717, 1.165) is 32.1 Å². The predicted octanol–water partition coefficient (Wildman–Crippen LogP) is 1.04. The number of ether oxygens (including phenoxy) is 1. The molecule has 2 aliphatic rings. The van der Waals surface area contributed by atoms with Crippen molar-refractivity contribution >= 4 is 10.0 Å². The van der Waals surface area contributed by atoms with E-state index < -0.39 is 10.0 Å². The highest BCUT2D eigenvalue weighted by Gasteiger charge is 2.45. The molecule has 1 saturated carbocycles. The Labute approximate surface area is 113 Å². The average molecular weight is 285 g/mol. The Morgan fingerprint density at radius 1 is 1.42 bits per heavy atom. The van der Waals surface area contributed by atoms with Gasteiger partial charge in [0.1, 0.15) is 4.90 Å². The molecule has 1 spiro atoms. The highest BCUT2D eigenvalue weighted by Crippen LogP contribution is 2.44. The van der Waals surface area contributed by atoms with Crippen LogP contribution in [0.4, 0.5) is 0 Å². The van der Waals surface area contributed by atoms with E-state index in [1.54, 1.807) is 0 Å². The number of H-pyrrole nitrogens is 1. The Kier molecular flexibility index (Phi) is 3.36. The predicted molar refractivity (Wildman–Crippen MR) is 69.0 cm³/mol. The topological polar surface area (TPSA) is 84.1 Å². The van der Waals surface area contributed by atoms with E-state index in [1.165, 1.54) is 12.4 Å². The van der Waals surface area contributed by atoms with E-state index in [2.05, 4.69) is 14.9 Å². The van der Waals surface area contributed by atoms with Gasteiger partial charge in [0.25, 0.3) is 0 Å². The molecule has 1 aliphatic heterocycles. The lowest BCUT2D eigenvalue weighted by molar-refractivity contribution is -0.0235. The maximum Gasteiger partial charge on any atom is 0.243 e. The van der Waals surface area contributed by atoms with E-state index >= 15 is 0 Å². The fourth-order valence-corrected chi connectivity index (χ4v) is 4.56. The van der Waals surface area contributed by atoms with Gasteiger partial charge in [0.2, 0.25) is 10.0 Å². The van der Waals surface area contributed by atoms with Gasteiger partial charge in [-0.05, 0) is 19.3 Å². The van der Waals surface area contributed by atoms with Crippen molar-refractivity contribution in [1.29, 1.82) is 0 Å². The smallest absolute Gasteiger partial charge is 0.243 e. The normalized spacial score (nSPS) is 26.8. The van der Waals surface area contributed by atoms with E-state index in [-0.39, 0.29) is 16.4 Å². The minimum atomic E-state index is -3.48. The summed E-state index contributed by atoms with van der Waals surface area (Å²) in [6.07, 6.45) is 7.90. The summed E-state index contributed by atoms with van der Waals surface area (Å²) < 4.78 is 33.0. The van der Waals surface area contributed by atoms with Crippen LogP contribution in [0.2, 0.25) is 0 Å². The van der Waals surface area contributed by atoms with Gasteiger partial charge >= 0.3 is 0 Å². The summed E-state index contributed by atoms with van der Waals surface area (Å²) in [6, 6.07) is -0.0244. The van der Waals surface area contributed by atoms with Crippen molar-refractivity contribution in [3.05, 3.63) is 12.4 Å². The van der Waals surface area contributed by atoms with E-state index in [0.29, 0.717) is 13.2 Å². The molecule has 0 radical (unpaired) electrons. The monoisotopic (exact) mass is 285 g/mol. The second-order valence-electron chi connectivity index (χ2n) is 5.52. The van der Waals surface area contributed by atoms with Gasteiger partial charge in [0, 0.05) is 24.3 Å². The van der Waals surface area contributed by atoms with Crippen LogP contribution in [0.15, 0.2) is 17.3 Å². The summed E-state index contributed by atoms with van der Waals surface area (Å²) in [4.78, 5) is 0.201. The Balaban J connectivity index is 1.81.